The molecule has 0 bridgehead atoms. The molecule has 1 rings (SSSR count). The quantitative estimate of drug-likeness (QED) is 0.762. The van der Waals surface area contributed by atoms with E-state index in [2.05, 4.69) is 0 Å². The summed E-state index contributed by atoms with van der Waals surface area (Å²) in [5.41, 5.74) is 0.539. The Kier molecular flexibility index (Phi) is 2.92. The van der Waals surface area contributed by atoms with Crippen molar-refractivity contribution in [1.29, 1.82) is 0 Å². The topological polar surface area (TPSA) is 80.4 Å². The highest BCUT2D eigenvalue weighted by atomic mass is 35.5. The highest BCUT2D eigenvalue weighted by Crippen LogP contribution is 2.21. The van der Waals surface area contributed by atoms with Gasteiger partial charge in [0.05, 0.1) is 11.6 Å². The first-order chi connectivity index (χ1) is 5.95. The molecule has 0 spiro atoms. The Balaban J connectivity index is 3.29. The number of aliphatic hydroxyl groups excluding tert-OH is 1. The maximum Gasteiger partial charge on any atom is 0.239 e. The predicted molar refractivity (Wildman–Crippen MR) is 48.7 cm³/mol. The summed E-state index contributed by atoms with van der Waals surface area (Å²) in [5.74, 6) is 0. The van der Waals surface area contributed by atoms with E-state index in [1.54, 1.807) is 0 Å². The molecule has 1 aromatic rings. The van der Waals surface area contributed by atoms with E-state index in [4.69, 9.17) is 21.8 Å². The molecule has 0 heterocycles. The lowest BCUT2D eigenvalue weighted by Crippen LogP contribution is -2.12. The summed E-state index contributed by atoms with van der Waals surface area (Å²) >= 11 is 5.62. The summed E-state index contributed by atoms with van der Waals surface area (Å²) in [4.78, 5) is -0.133. The zero-order valence-electron chi connectivity index (χ0n) is 6.57. The standard InChI is InChI=1S/C7H8ClNO3S/c8-6-3-5(4-10)1-2-7(6)13(9,11)12/h1-3,10H,4H2,(H2,9,11,12). The molecule has 0 aromatic heterocycles. The number of hydrogen-bond donors (Lipinski definition) is 2. The van der Waals surface area contributed by atoms with Crippen molar-refractivity contribution in [1.82, 2.24) is 0 Å². The Bertz CT molecular complexity index is 416. The fourth-order valence-electron chi connectivity index (χ4n) is 0.873. The molecule has 0 saturated carbocycles. The van der Waals surface area contributed by atoms with Crippen molar-refractivity contribution in [2.75, 3.05) is 0 Å². The molecule has 0 unspecified atom stereocenters. The number of nitrogens with two attached hydrogens (primary N) is 1. The van der Waals surface area contributed by atoms with E-state index in [0.29, 0.717) is 5.56 Å². The molecule has 0 aliphatic rings. The van der Waals surface area contributed by atoms with Gasteiger partial charge in [0.25, 0.3) is 0 Å². The Labute approximate surface area is 81.0 Å². The van der Waals surface area contributed by atoms with Gasteiger partial charge in [-0.25, -0.2) is 13.6 Å². The van der Waals surface area contributed by atoms with Gasteiger partial charge in [0, 0.05) is 0 Å². The van der Waals surface area contributed by atoms with Crippen LogP contribution < -0.4 is 5.14 Å². The fourth-order valence-corrected chi connectivity index (χ4v) is 1.99. The minimum Gasteiger partial charge on any atom is -0.392 e. The average Bonchev–Trinajstić information content (AvgIpc) is 2.01. The van der Waals surface area contributed by atoms with Crippen molar-refractivity contribution in [3.05, 3.63) is 28.8 Å². The highest BCUT2D eigenvalue weighted by molar-refractivity contribution is 7.89. The van der Waals surface area contributed by atoms with E-state index < -0.39 is 10.0 Å². The molecule has 0 amide bonds. The summed E-state index contributed by atoms with van der Waals surface area (Å²) < 4.78 is 21.8. The van der Waals surface area contributed by atoms with E-state index in [1.165, 1.54) is 18.2 Å². The van der Waals surface area contributed by atoms with Crippen molar-refractivity contribution < 1.29 is 13.5 Å². The molecule has 1 aromatic carbocycles. The minimum absolute atomic E-state index is 0.0223. The Morgan fingerprint density at radius 2 is 2.08 bits per heavy atom. The van der Waals surface area contributed by atoms with Crippen molar-refractivity contribution in [2.45, 2.75) is 11.5 Å². The van der Waals surface area contributed by atoms with Gasteiger partial charge in [-0.15, -0.1) is 0 Å². The van der Waals surface area contributed by atoms with Crippen molar-refractivity contribution in [3.8, 4) is 0 Å². The molecule has 3 N–H and O–H groups in total. The first-order valence-corrected chi connectivity index (χ1v) is 5.29. The van der Waals surface area contributed by atoms with E-state index in [1.807, 2.05) is 0 Å². The van der Waals surface area contributed by atoms with Gasteiger partial charge in [0.2, 0.25) is 10.0 Å². The fraction of sp³-hybridized carbons (Fsp3) is 0.143. The summed E-state index contributed by atoms with van der Waals surface area (Å²) in [6, 6.07) is 4.08. The Morgan fingerprint density at radius 3 is 2.46 bits per heavy atom. The van der Waals surface area contributed by atoms with Crippen LogP contribution in [-0.2, 0) is 16.6 Å². The molecule has 6 heteroatoms. The van der Waals surface area contributed by atoms with E-state index in [9.17, 15) is 8.42 Å². The number of rotatable bonds is 2. The van der Waals surface area contributed by atoms with Crippen molar-refractivity contribution in [2.24, 2.45) is 5.14 Å². The second kappa shape index (κ2) is 3.63. The molecule has 72 valence electrons. The minimum atomic E-state index is -3.77. The average molecular weight is 222 g/mol. The van der Waals surface area contributed by atoms with Gasteiger partial charge in [-0.1, -0.05) is 17.7 Å². The van der Waals surface area contributed by atoms with Gasteiger partial charge >= 0.3 is 0 Å². The highest BCUT2D eigenvalue weighted by Gasteiger charge is 2.12. The molecular weight excluding hydrogens is 214 g/mol. The monoisotopic (exact) mass is 221 g/mol. The maximum absolute atomic E-state index is 10.9. The van der Waals surface area contributed by atoms with Gasteiger partial charge in [0.15, 0.2) is 0 Å². The molecule has 0 radical (unpaired) electrons. The largest absolute Gasteiger partial charge is 0.392 e. The number of benzene rings is 1. The number of hydrogen-bond acceptors (Lipinski definition) is 3. The number of halogens is 1. The third-order valence-electron chi connectivity index (χ3n) is 1.49. The number of primary sulfonamides is 1. The zero-order chi connectivity index (χ0) is 10.1. The van der Waals surface area contributed by atoms with Crippen LogP contribution in [0.15, 0.2) is 23.1 Å². The van der Waals surface area contributed by atoms with Crippen LogP contribution in [0, 0.1) is 0 Å². The third-order valence-corrected chi connectivity index (χ3v) is 2.88. The summed E-state index contributed by atoms with van der Waals surface area (Å²) in [7, 11) is -3.77. The van der Waals surface area contributed by atoms with E-state index >= 15 is 0 Å². The van der Waals surface area contributed by atoms with Crippen LogP contribution in [0.4, 0.5) is 0 Å². The van der Waals surface area contributed by atoms with Crippen LogP contribution >= 0.6 is 11.6 Å². The number of aliphatic hydroxyl groups is 1. The third kappa shape index (κ3) is 2.41. The lowest BCUT2D eigenvalue weighted by Gasteiger charge is -2.02. The second-order valence-electron chi connectivity index (χ2n) is 2.47. The van der Waals surface area contributed by atoms with Crippen LogP contribution in [0.1, 0.15) is 5.56 Å². The Morgan fingerprint density at radius 1 is 1.46 bits per heavy atom. The lowest BCUT2D eigenvalue weighted by atomic mass is 10.2. The lowest BCUT2D eigenvalue weighted by molar-refractivity contribution is 0.282. The molecule has 0 aliphatic heterocycles. The van der Waals surface area contributed by atoms with Gasteiger partial charge in [-0.05, 0) is 17.7 Å². The van der Waals surface area contributed by atoms with Crippen molar-refractivity contribution >= 4 is 21.6 Å². The van der Waals surface area contributed by atoms with Gasteiger partial charge in [-0.2, -0.15) is 0 Å². The van der Waals surface area contributed by atoms with Crippen LogP contribution in [0.2, 0.25) is 5.02 Å². The van der Waals surface area contributed by atoms with Crippen LogP contribution in [-0.4, -0.2) is 13.5 Å². The summed E-state index contributed by atoms with van der Waals surface area (Å²) in [6.45, 7) is -0.190. The molecule has 4 nitrogen and oxygen atoms in total. The molecule has 0 saturated heterocycles. The normalized spacial score (nSPS) is 11.6. The second-order valence-corrected chi connectivity index (χ2v) is 4.40. The van der Waals surface area contributed by atoms with Gasteiger partial charge < -0.3 is 5.11 Å². The number of sulfonamides is 1. The maximum atomic E-state index is 10.9. The molecular formula is C7H8ClNO3S. The van der Waals surface area contributed by atoms with Crippen LogP contribution in [0.3, 0.4) is 0 Å². The SMILES string of the molecule is NS(=O)(=O)c1ccc(CO)cc1Cl. The summed E-state index contributed by atoms with van der Waals surface area (Å²) in [5, 5.41) is 13.6. The summed E-state index contributed by atoms with van der Waals surface area (Å²) in [6.07, 6.45) is 0. The molecule has 0 fully saturated rings. The Hall–Kier alpha value is -0.620. The van der Waals surface area contributed by atoms with Crippen LogP contribution in [0.5, 0.6) is 0 Å². The van der Waals surface area contributed by atoms with E-state index in [-0.39, 0.29) is 16.5 Å². The van der Waals surface area contributed by atoms with Gasteiger partial charge in [0.1, 0.15) is 4.90 Å². The first kappa shape index (κ1) is 10.5. The molecule has 0 aliphatic carbocycles. The van der Waals surface area contributed by atoms with Crippen LogP contribution in [0.25, 0.3) is 0 Å². The zero-order valence-corrected chi connectivity index (χ0v) is 8.14. The van der Waals surface area contributed by atoms with Gasteiger partial charge in [-0.3, -0.25) is 0 Å². The molecule has 13 heavy (non-hydrogen) atoms. The smallest absolute Gasteiger partial charge is 0.239 e. The van der Waals surface area contributed by atoms with E-state index in [0.717, 1.165) is 0 Å². The first-order valence-electron chi connectivity index (χ1n) is 3.37. The van der Waals surface area contributed by atoms with Crippen molar-refractivity contribution in [3.63, 3.8) is 0 Å². The molecule has 0 atom stereocenters. The predicted octanol–water partition coefficient (Wildman–Crippen LogP) is 0.480.